The number of nitrogens with zero attached hydrogens (tertiary/aromatic N) is 1. The lowest BCUT2D eigenvalue weighted by atomic mass is 10.1. The smallest absolute Gasteiger partial charge is 0.264 e. The molecule has 2 nitrogen and oxygen atoms in total. The largest absolute Gasteiger partial charge is 0.390 e. The average molecular weight is 339 g/mol. The quantitative estimate of drug-likeness (QED) is 0.566. The standard InChI is InChI=1S/C15H11BrF2NO/c16-13-6-3-4-11(8-13)9-19-20-10-12-5-1-2-7-14(12)15(17)18/h1-8,15H,10H2. The van der Waals surface area contributed by atoms with E-state index in [1.165, 1.54) is 6.07 Å². The van der Waals surface area contributed by atoms with Crippen molar-refractivity contribution in [2.45, 2.75) is 13.0 Å². The first-order valence-electron chi connectivity index (χ1n) is 5.86. The lowest BCUT2D eigenvalue weighted by molar-refractivity contribution is 0.120. The highest BCUT2D eigenvalue weighted by atomic mass is 79.9. The predicted molar refractivity (Wildman–Crippen MR) is 76.9 cm³/mol. The summed E-state index contributed by atoms with van der Waals surface area (Å²) in [6, 6.07) is 13.6. The normalized spacial score (nSPS) is 11.2. The molecule has 0 spiro atoms. The fourth-order valence-corrected chi connectivity index (χ4v) is 2.02. The van der Waals surface area contributed by atoms with Crippen LogP contribution < -0.4 is 0 Å². The van der Waals surface area contributed by atoms with Crippen molar-refractivity contribution in [1.29, 1.82) is 0 Å². The first-order chi connectivity index (χ1) is 9.66. The lowest BCUT2D eigenvalue weighted by Crippen LogP contribution is -1.95. The van der Waals surface area contributed by atoms with Crippen LogP contribution in [0, 0.1) is 0 Å². The van der Waals surface area contributed by atoms with Crippen molar-refractivity contribution in [2.24, 2.45) is 5.16 Å². The van der Waals surface area contributed by atoms with Crippen LogP contribution in [0.25, 0.3) is 0 Å². The van der Waals surface area contributed by atoms with Gasteiger partial charge in [-0.1, -0.05) is 57.5 Å². The van der Waals surface area contributed by atoms with Crippen LogP contribution in [0.4, 0.5) is 8.78 Å². The van der Waals surface area contributed by atoms with Gasteiger partial charge in [0, 0.05) is 21.2 Å². The third-order valence-electron chi connectivity index (χ3n) is 2.57. The summed E-state index contributed by atoms with van der Waals surface area (Å²) in [7, 11) is 0. The Labute approximate surface area is 124 Å². The lowest BCUT2D eigenvalue weighted by Gasteiger charge is -2.06. The van der Waals surface area contributed by atoms with Crippen LogP contribution in [0.3, 0.4) is 0 Å². The summed E-state index contributed by atoms with van der Waals surface area (Å²) in [6.07, 6.45) is 0.169. The van der Waals surface area contributed by atoms with Gasteiger partial charge >= 0.3 is 0 Å². The highest BCUT2D eigenvalue weighted by Gasteiger charge is 2.11. The molecule has 1 radical (unpaired) electrons. The summed E-state index contributed by atoms with van der Waals surface area (Å²) < 4.78 is 26.4. The Kier molecular flexibility index (Phi) is 5.24. The van der Waals surface area contributed by atoms with Gasteiger partial charge in [0.1, 0.15) is 12.8 Å². The van der Waals surface area contributed by atoms with E-state index < -0.39 is 6.43 Å². The summed E-state index contributed by atoms with van der Waals surface area (Å²) in [5.74, 6) is 0. The van der Waals surface area contributed by atoms with Gasteiger partial charge < -0.3 is 4.84 Å². The zero-order valence-electron chi connectivity index (χ0n) is 10.4. The highest BCUT2D eigenvalue weighted by molar-refractivity contribution is 9.10. The van der Waals surface area contributed by atoms with Gasteiger partial charge in [0.2, 0.25) is 0 Å². The second-order valence-corrected chi connectivity index (χ2v) is 4.90. The number of hydrogen-bond donors (Lipinski definition) is 0. The van der Waals surface area contributed by atoms with Crippen molar-refractivity contribution in [2.75, 3.05) is 0 Å². The van der Waals surface area contributed by atoms with Crippen LogP contribution in [0.2, 0.25) is 0 Å². The molecule has 20 heavy (non-hydrogen) atoms. The molecule has 0 saturated heterocycles. The van der Waals surface area contributed by atoms with Crippen molar-refractivity contribution in [3.63, 3.8) is 0 Å². The Morgan fingerprint density at radius 2 is 1.95 bits per heavy atom. The van der Waals surface area contributed by atoms with E-state index in [1.54, 1.807) is 18.2 Å². The van der Waals surface area contributed by atoms with Crippen LogP contribution in [0.1, 0.15) is 23.1 Å². The third-order valence-corrected chi connectivity index (χ3v) is 3.07. The Morgan fingerprint density at radius 1 is 1.15 bits per heavy atom. The molecule has 2 rings (SSSR count). The van der Waals surface area contributed by atoms with E-state index >= 15 is 0 Å². The Balaban J connectivity index is 1.96. The van der Waals surface area contributed by atoms with Gasteiger partial charge in [0.25, 0.3) is 6.43 Å². The molecular formula is C15H11BrF2NO. The SMILES string of the molecule is FC(F)c1ccccc1CO/N=[C]\c1cccc(Br)c1. The fraction of sp³-hybridized carbons (Fsp3) is 0.133. The van der Waals surface area contributed by atoms with Gasteiger partial charge in [-0.15, -0.1) is 0 Å². The molecule has 0 aromatic heterocycles. The molecule has 0 atom stereocenters. The van der Waals surface area contributed by atoms with E-state index in [4.69, 9.17) is 4.84 Å². The summed E-state index contributed by atoms with van der Waals surface area (Å²) in [6.45, 7) is -0.0124. The maximum atomic E-state index is 12.7. The monoisotopic (exact) mass is 338 g/mol. The van der Waals surface area contributed by atoms with E-state index in [0.29, 0.717) is 5.56 Å². The average Bonchev–Trinajstić information content (AvgIpc) is 2.44. The molecule has 0 unspecified atom stereocenters. The fourth-order valence-electron chi connectivity index (χ4n) is 1.62. The van der Waals surface area contributed by atoms with Crippen molar-refractivity contribution >= 4 is 22.1 Å². The minimum absolute atomic E-state index is 0.0124. The number of halogens is 3. The van der Waals surface area contributed by atoms with Crippen LogP contribution in [0.15, 0.2) is 58.2 Å². The Morgan fingerprint density at radius 3 is 2.70 bits per heavy atom. The molecule has 0 heterocycles. The van der Waals surface area contributed by atoms with Gasteiger partial charge in [0.15, 0.2) is 0 Å². The minimum atomic E-state index is -2.52. The zero-order valence-corrected chi connectivity index (χ0v) is 12.0. The van der Waals surface area contributed by atoms with E-state index in [9.17, 15) is 8.78 Å². The van der Waals surface area contributed by atoms with E-state index in [-0.39, 0.29) is 12.2 Å². The summed E-state index contributed by atoms with van der Waals surface area (Å²) in [4.78, 5) is 5.02. The van der Waals surface area contributed by atoms with Crippen LogP contribution >= 0.6 is 15.9 Å². The Hall–Kier alpha value is -1.75. The molecule has 0 aliphatic rings. The molecule has 0 aliphatic carbocycles. The van der Waals surface area contributed by atoms with Gasteiger partial charge in [-0.05, 0) is 12.1 Å². The number of rotatable bonds is 5. The number of hydrogen-bond acceptors (Lipinski definition) is 2. The molecule has 0 aliphatic heterocycles. The predicted octanol–water partition coefficient (Wildman–Crippen LogP) is 4.81. The van der Waals surface area contributed by atoms with Gasteiger partial charge in [0.05, 0.1) is 0 Å². The van der Waals surface area contributed by atoms with Crippen LogP contribution in [0.5, 0.6) is 0 Å². The molecule has 0 N–H and O–H groups in total. The molecule has 5 heteroatoms. The zero-order chi connectivity index (χ0) is 14.4. The molecular weight excluding hydrogens is 328 g/mol. The molecule has 2 aromatic rings. The second-order valence-electron chi connectivity index (χ2n) is 3.99. The summed E-state index contributed by atoms with van der Waals surface area (Å²) >= 11 is 3.33. The maximum absolute atomic E-state index is 12.7. The molecule has 2 aromatic carbocycles. The molecule has 103 valence electrons. The van der Waals surface area contributed by atoms with E-state index in [0.717, 1.165) is 10.0 Å². The van der Waals surface area contributed by atoms with Crippen molar-refractivity contribution in [3.8, 4) is 0 Å². The van der Waals surface area contributed by atoms with Crippen LogP contribution in [-0.2, 0) is 11.4 Å². The van der Waals surface area contributed by atoms with E-state index in [2.05, 4.69) is 27.3 Å². The van der Waals surface area contributed by atoms with Gasteiger partial charge in [-0.25, -0.2) is 8.78 Å². The van der Waals surface area contributed by atoms with Crippen molar-refractivity contribution < 1.29 is 13.6 Å². The van der Waals surface area contributed by atoms with Crippen molar-refractivity contribution in [3.05, 3.63) is 69.7 Å². The minimum Gasteiger partial charge on any atom is -0.390 e. The number of benzene rings is 2. The summed E-state index contributed by atoms with van der Waals surface area (Å²) in [5.41, 5.74) is 1.12. The molecule has 0 bridgehead atoms. The second kappa shape index (κ2) is 7.14. The third kappa shape index (κ3) is 4.13. The van der Waals surface area contributed by atoms with Crippen LogP contribution in [-0.4, -0.2) is 6.21 Å². The topological polar surface area (TPSA) is 21.6 Å². The van der Waals surface area contributed by atoms with Gasteiger partial charge in [-0.2, -0.15) is 0 Å². The summed E-state index contributed by atoms with van der Waals surface area (Å²) in [5, 5.41) is 3.66. The van der Waals surface area contributed by atoms with Gasteiger partial charge in [-0.3, -0.25) is 0 Å². The first kappa shape index (κ1) is 14.7. The molecule has 0 saturated carbocycles. The first-order valence-corrected chi connectivity index (χ1v) is 6.65. The van der Waals surface area contributed by atoms with E-state index in [1.807, 2.05) is 24.3 Å². The highest BCUT2D eigenvalue weighted by Crippen LogP contribution is 2.23. The Bertz CT molecular complexity index is 602. The van der Waals surface area contributed by atoms with Crippen molar-refractivity contribution in [1.82, 2.24) is 0 Å². The molecule has 0 amide bonds. The number of alkyl halides is 2. The maximum Gasteiger partial charge on any atom is 0.264 e. The molecule has 0 fully saturated rings.